The predicted molar refractivity (Wildman–Crippen MR) is 71.6 cm³/mol. The molecule has 0 bridgehead atoms. The Morgan fingerprint density at radius 3 is 3.00 bits per heavy atom. The minimum absolute atomic E-state index is 0.0314. The van der Waals surface area contributed by atoms with Crippen molar-refractivity contribution in [2.75, 3.05) is 25.6 Å². The molecule has 0 saturated carbocycles. The lowest BCUT2D eigenvalue weighted by Gasteiger charge is -2.15. The molecule has 1 amide bonds. The third-order valence-corrected chi connectivity index (χ3v) is 3.25. The first-order valence-corrected chi connectivity index (χ1v) is 6.26. The van der Waals surface area contributed by atoms with Crippen molar-refractivity contribution in [3.05, 3.63) is 29.3 Å². The van der Waals surface area contributed by atoms with Gasteiger partial charge < -0.3 is 15.4 Å². The van der Waals surface area contributed by atoms with E-state index in [1.54, 1.807) is 7.11 Å². The van der Waals surface area contributed by atoms with Crippen LogP contribution in [0.4, 0.5) is 5.69 Å². The summed E-state index contributed by atoms with van der Waals surface area (Å²) in [5, 5.41) is 6.25. The van der Waals surface area contributed by atoms with E-state index in [0.29, 0.717) is 12.5 Å². The average molecular weight is 248 g/mol. The molecule has 0 spiro atoms. The summed E-state index contributed by atoms with van der Waals surface area (Å²) in [5.74, 6) is 0.417. The van der Waals surface area contributed by atoms with Gasteiger partial charge in [0.1, 0.15) is 6.04 Å². The van der Waals surface area contributed by atoms with Gasteiger partial charge in [0, 0.05) is 31.5 Å². The van der Waals surface area contributed by atoms with Crippen LogP contribution in [0.25, 0.3) is 0 Å². The van der Waals surface area contributed by atoms with Crippen LogP contribution in [0, 0.1) is 12.8 Å². The van der Waals surface area contributed by atoms with Crippen LogP contribution in [0.5, 0.6) is 0 Å². The number of hydrogen-bond acceptors (Lipinski definition) is 3. The van der Waals surface area contributed by atoms with E-state index in [4.69, 9.17) is 4.74 Å². The number of aryl methyl sites for hydroxylation is 1. The Morgan fingerprint density at radius 1 is 1.50 bits per heavy atom. The van der Waals surface area contributed by atoms with E-state index in [1.807, 2.05) is 25.1 Å². The number of rotatable bonds is 5. The molecule has 0 radical (unpaired) electrons. The van der Waals surface area contributed by atoms with Gasteiger partial charge in [0.05, 0.1) is 0 Å². The normalized spacial score (nSPS) is 19.5. The number of para-hydroxylation sites is 1. The lowest BCUT2D eigenvalue weighted by Crippen LogP contribution is -2.32. The first-order valence-electron chi connectivity index (χ1n) is 6.26. The number of methoxy groups -OCH3 is 1. The first-order chi connectivity index (χ1) is 8.63. The molecular weight excluding hydrogens is 228 g/mol. The van der Waals surface area contributed by atoms with Gasteiger partial charge in [-0.3, -0.25) is 4.79 Å². The quantitative estimate of drug-likeness (QED) is 0.836. The third-order valence-electron chi connectivity index (χ3n) is 3.25. The molecule has 2 atom stereocenters. The summed E-state index contributed by atoms with van der Waals surface area (Å²) in [5.41, 5.74) is 3.11. The molecule has 1 aliphatic rings. The van der Waals surface area contributed by atoms with Crippen LogP contribution in [0.1, 0.15) is 24.1 Å². The van der Waals surface area contributed by atoms with Crippen LogP contribution in [0.3, 0.4) is 0 Å². The van der Waals surface area contributed by atoms with Crippen molar-refractivity contribution in [2.24, 2.45) is 5.92 Å². The van der Waals surface area contributed by atoms with Crippen molar-refractivity contribution in [3.8, 4) is 0 Å². The van der Waals surface area contributed by atoms with Crippen LogP contribution in [-0.2, 0) is 9.53 Å². The summed E-state index contributed by atoms with van der Waals surface area (Å²) < 4.78 is 5.09. The van der Waals surface area contributed by atoms with Gasteiger partial charge in [-0.2, -0.15) is 0 Å². The zero-order valence-corrected chi connectivity index (χ0v) is 11.1. The van der Waals surface area contributed by atoms with Gasteiger partial charge in [0.2, 0.25) is 5.91 Å². The lowest BCUT2D eigenvalue weighted by atomic mass is 10.0. The smallest absolute Gasteiger partial charge is 0.246 e. The fraction of sp³-hybridized carbons (Fsp3) is 0.500. The molecule has 0 saturated heterocycles. The van der Waals surface area contributed by atoms with Gasteiger partial charge in [-0.1, -0.05) is 25.1 Å². The highest BCUT2D eigenvalue weighted by Gasteiger charge is 2.30. The summed E-state index contributed by atoms with van der Waals surface area (Å²) in [6.45, 7) is 5.57. The van der Waals surface area contributed by atoms with Gasteiger partial charge in [-0.15, -0.1) is 0 Å². The van der Waals surface area contributed by atoms with E-state index in [0.717, 1.165) is 23.4 Å². The van der Waals surface area contributed by atoms with E-state index in [2.05, 4.69) is 17.6 Å². The molecule has 4 nitrogen and oxygen atoms in total. The largest absolute Gasteiger partial charge is 0.384 e. The highest BCUT2D eigenvalue weighted by Crippen LogP contribution is 2.33. The van der Waals surface area contributed by atoms with Gasteiger partial charge in [0.15, 0.2) is 0 Å². The molecule has 4 heteroatoms. The number of benzene rings is 1. The number of carbonyl (C=O) groups excluding carboxylic acids is 1. The average Bonchev–Trinajstić information content (AvgIpc) is 2.65. The maximum atomic E-state index is 11.9. The maximum Gasteiger partial charge on any atom is 0.246 e. The second kappa shape index (κ2) is 5.50. The summed E-state index contributed by atoms with van der Waals surface area (Å²) >= 11 is 0. The summed E-state index contributed by atoms with van der Waals surface area (Å²) in [6.07, 6.45) is 0. The Labute approximate surface area is 108 Å². The summed E-state index contributed by atoms with van der Waals surface area (Å²) in [6, 6.07) is 5.76. The van der Waals surface area contributed by atoms with Gasteiger partial charge in [-0.25, -0.2) is 0 Å². The Morgan fingerprint density at radius 2 is 2.28 bits per heavy atom. The fourth-order valence-electron chi connectivity index (χ4n) is 2.30. The Kier molecular flexibility index (Phi) is 3.99. The minimum atomic E-state index is -0.237. The standard InChI is InChI=1S/C14H20N2O2/c1-9(8-18-3)7-15-13-11-6-4-5-10(2)12(11)16-14(13)17/h4-6,9,13,15H,7-8H2,1-3H3,(H,16,17). The van der Waals surface area contributed by atoms with Crippen LogP contribution in [-0.4, -0.2) is 26.2 Å². The Balaban J connectivity index is 2.07. The molecule has 0 fully saturated rings. The zero-order chi connectivity index (χ0) is 13.1. The Bertz CT molecular complexity index is 445. The molecule has 98 valence electrons. The highest BCUT2D eigenvalue weighted by molar-refractivity contribution is 6.03. The van der Waals surface area contributed by atoms with Crippen LogP contribution in [0.2, 0.25) is 0 Å². The Hall–Kier alpha value is -1.39. The molecule has 2 rings (SSSR count). The molecule has 2 N–H and O–H groups in total. The molecule has 1 aliphatic heterocycles. The molecular formula is C14H20N2O2. The predicted octanol–water partition coefficient (Wildman–Crippen LogP) is 1.86. The molecule has 0 aliphatic carbocycles. The molecule has 2 unspecified atom stereocenters. The van der Waals surface area contributed by atoms with Crippen LogP contribution < -0.4 is 10.6 Å². The topological polar surface area (TPSA) is 50.4 Å². The molecule has 1 aromatic carbocycles. The number of fused-ring (bicyclic) bond motifs is 1. The van der Waals surface area contributed by atoms with Crippen molar-refractivity contribution in [1.29, 1.82) is 0 Å². The van der Waals surface area contributed by atoms with E-state index in [9.17, 15) is 4.79 Å². The third kappa shape index (κ3) is 2.54. The van der Waals surface area contributed by atoms with E-state index < -0.39 is 0 Å². The number of amides is 1. The van der Waals surface area contributed by atoms with Crippen LogP contribution in [0.15, 0.2) is 18.2 Å². The number of carbonyl (C=O) groups is 1. The molecule has 0 aromatic heterocycles. The monoisotopic (exact) mass is 248 g/mol. The molecule has 18 heavy (non-hydrogen) atoms. The van der Waals surface area contributed by atoms with E-state index in [-0.39, 0.29) is 11.9 Å². The maximum absolute atomic E-state index is 11.9. The number of ether oxygens (including phenoxy) is 1. The second-order valence-corrected chi connectivity index (χ2v) is 4.93. The van der Waals surface area contributed by atoms with E-state index >= 15 is 0 Å². The minimum Gasteiger partial charge on any atom is -0.384 e. The lowest BCUT2D eigenvalue weighted by molar-refractivity contribution is -0.117. The van der Waals surface area contributed by atoms with Crippen molar-refractivity contribution in [1.82, 2.24) is 5.32 Å². The van der Waals surface area contributed by atoms with Crippen LogP contribution >= 0.6 is 0 Å². The van der Waals surface area contributed by atoms with Gasteiger partial charge in [0.25, 0.3) is 0 Å². The fourth-order valence-corrected chi connectivity index (χ4v) is 2.30. The number of nitrogens with one attached hydrogen (secondary N) is 2. The van der Waals surface area contributed by atoms with Crippen molar-refractivity contribution < 1.29 is 9.53 Å². The number of anilines is 1. The van der Waals surface area contributed by atoms with Crippen molar-refractivity contribution in [3.63, 3.8) is 0 Å². The highest BCUT2D eigenvalue weighted by atomic mass is 16.5. The van der Waals surface area contributed by atoms with Crippen molar-refractivity contribution >= 4 is 11.6 Å². The van der Waals surface area contributed by atoms with Gasteiger partial charge >= 0.3 is 0 Å². The first kappa shape index (κ1) is 13.1. The zero-order valence-electron chi connectivity index (χ0n) is 11.1. The second-order valence-electron chi connectivity index (χ2n) is 4.93. The van der Waals surface area contributed by atoms with E-state index in [1.165, 1.54) is 0 Å². The SMILES string of the molecule is COCC(C)CNC1C(=O)Nc2c(C)cccc21. The molecule has 1 heterocycles. The van der Waals surface area contributed by atoms with Gasteiger partial charge in [-0.05, 0) is 18.4 Å². The summed E-state index contributed by atoms with van der Waals surface area (Å²) in [4.78, 5) is 11.9. The molecule has 1 aromatic rings. The summed E-state index contributed by atoms with van der Waals surface area (Å²) in [7, 11) is 1.69. The van der Waals surface area contributed by atoms with Crippen molar-refractivity contribution in [2.45, 2.75) is 19.9 Å². The number of hydrogen-bond donors (Lipinski definition) is 2.